The summed E-state index contributed by atoms with van der Waals surface area (Å²) in [4.78, 5) is 4.14. The van der Waals surface area contributed by atoms with Crippen LogP contribution in [-0.4, -0.2) is 10.1 Å². The number of aliphatic hydroxyl groups excluding tert-OH is 1. The van der Waals surface area contributed by atoms with Gasteiger partial charge >= 0.3 is 0 Å². The van der Waals surface area contributed by atoms with Crippen molar-refractivity contribution in [2.24, 2.45) is 0 Å². The molecule has 1 N–H and O–H groups in total. The summed E-state index contributed by atoms with van der Waals surface area (Å²) in [7, 11) is 0. The smallest absolute Gasteiger partial charge is 0.0861 e. The first kappa shape index (κ1) is 10.5. The zero-order valence-electron chi connectivity index (χ0n) is 9.58. The quantitative estimate of drug-likeness (QED) is 0.809. The van der Waals surface area contributed by atoms with Gasteiger partial charge < -0.3 is 5.11 Å². The van der Waals surface area contributed by atoms with Crippen LogP contribution in [0.3, 0.4) is 0 Å². The van der Waals surface area contributed by atoms with E-state index in [-0.39, 0.29) is 5.92 Å². The number of nitrogens with zero attached hydrogens (tertiary/aromatic N) is 1. The molecule has 2 nitrogen and oxygen atoms in total. The Bertz CT molecular complexity index is 509. The summed E-state index contributed by atoms with van der Waals surface area (Å²) in [5.74, 6) is 0.179. The van der Waals surface area contributed by atoms with Gasteiger partial charge in [-0.1, -0.05) is 30.3 Å². The molecule has 0 saturated carbocycles. The predicted molar refractivity (Wildman–Crippen MR) is 66.7 cm³/mol. The number of hydrogen-bond acceptors (Lipinski definition) is 2. The molecule has 86 valence electrons. The van der Waals surface area contributed by atoms with Crippen LogP contribution in [0.1, 0.15) is 35.1 Å². The molecule has 2 heteroatoms. The number of rotatable bonds is 1. The normalized spacial score (nSPS) is 23.1. The number of aryl methyl sites for hydroxylation is 1. The standard InChI is InChI=1S/C15H15NO/c17-15-13-6-2-1-4-11(13)7-8-14(15)12-5-3-9-16-10-12/h1-6,9-10,14-15,17H,7-8H2/t14-,15+/m1/s1. The Kier molecular flexibility index (Phi) is 2.65. The Balaban J connectivity index is 1.97. The Morgan fingerprint density at radius 2 is 2.00 bits per heavy atom. The van der Waals surface area contributed by atoms with E-state index in [4.69, 9.17) is 0 Å². The lowest BCUT2D eigenvalue weighted by Gasteiger charge is -2.30. The van der Waals surface area contributed by atoms with Gasteiger partial charge in [-0.3, -0.25) is 4.98 Å². The predicted octanol–water partition coefficient (Wildman–Crippen LogP) is 2.85. The number of fused-ring (bicyclic) bond motifs is 1. The van der Waals surface area contributed by atoms with Crippen LogP contribution >= 0.6 is 0 Å². The van der Waals surface area contributed by atoms with E-state index in [0.717, 1.165) is 24.0 Å². The first-order valence-electron chi connectivity index (χ1n) is 6.02. The van der Waals surface area contributed by atoms with Crippen molar-refractivity contribution in [3.8, 4) is 0 Å². The summed E-state index contributed by atoms with van der Waals surface area (Å²) in [5.41, 5.74) is 3.49. The highest BCUT2D eigenvalue weighted by molar-refractivity contribution is 5.35. The molecule has 0 spiro atoms. The van der Waals surface area contributed by atoms with Crippen molar-refractivity contribution in [3.63, 3.8) is 0 Å². The van der Waals surface area contributed by atoms with Crippen LogP contribution in [0.5, 0.6) is 0 Å². The average molecular weight is 225 g/mol. The molecule has 0 fully saturated rings. The summed E-state index contributed by atoms with van der Waals surface area (Å²) < 4.78 is 0. The van der Waals surface area contributed by atoms with Crippen LogP contribution in [0, 0.1) is 0 Å². The third-order valence-corrected chi connectivity index (χ3v) is 3.59. The van der Waals surface area contributed by atoms with Gasteiger partial charge in [-0.2, -0.15) is 0 Å². The van der Waals surface area contributed by atoms with Crippen LogP contribution in [0.25, 0.3) is 0 Å². The monoisotopic (exact) mass is 225 g/mol. The highest BCUT2D eigenvalue weighted by Crippen LogP contribution is 2.40. The summed E-state index contributed by atoms with van der Waals surface area (Å²) >= 11 is 0. The maximum Gasteiger partial charge on any atom is 0.0861 e. The minimum atomic E-state index is -0.399. The fraction of sp³-hybridized carbons (Fsp3) is 0.267. The molecule has 2 atom stereocenters. The third kappa shape index (κ3) is 1.85. The molecule has 1 aromatic carbocycles. The molecule has 0 aliphatic heterocycles. The first-order chi connectivity index (χ1) is 8.36. The second kappa shape index (κ2) is 4.30. The van der Waals surface area contributed by atoms with E-state index >= 15 is 0 Å². The van der Waals surface area contributed by atoms with Gasteiger partial charge in [0.1, 0.15) is 0 Å². The van der Waals surface area contributed by atoms with Crippen molar-refractivity contribution in [3.05, 3.63) is 65.5 Å². The summed E-state index contributed by atoms with van der Waals surface area (Å²) in [6.07, 6.45) is 5.26. The molecule has 0 unspecified atom stereocenters. The molecule has 1 aliphatic rings. The fourth-order valence-corrected chi connectivity index (χ4v) is 2.68. The second-order valence-corrected chi connectivity index (χ2v) is 4.58. The van der Waals surface area contributed by atoms with Gasteiger partial charge in [0.15, 0.2) is 0 Å². The Morgan fingerprint density at radius 3 is 2.82 bits per heavy atom. The molecule has 1 heterocycles. The van der Waals surface area contributed by atoms with Crippen molar-refractivity contribution < 1.29 is 5.11 Å². The van der Waals surface area contributed by atoms with E-state index in [0.29, 0.717) is 0 Å². The molecule has 1 aliphatic carbocycles. The zero-order valence-corrected chi connectivity index (χ0v) is 9.58. The molecule has 0 saturated heterocycles. The summed E-state index contributed by atoms with van der Waals surface area (Å²) in [6.45, 7) is 0. The maximum absolute atomic E-state index is 10.4. The van der Waals surface area contributed by atoms with E-state index in [1.165, 1.54) is 5.56 Å². The molecular formula is C15H15NO. The molecule has 17 heavy (non-hydrogen) atoms. The van der Waals surface area contributed by atoms with Gasteiger partial charge in [0.2, 0.25) is 0 Å². The van der Waals surface area contributed by atoms with Crippen molar-refractivity contribution in [2.75, 3.05) is 0 Å². The van der Waals surface area contributed by atoms with Crippen LogP contribution < -0.4 is 0 Å². The number of hydrogen-bond donors (Lipinski definition) is 1. The average Bonchev–Trinajstić information content (AvgIpc) is 2.40. The zero-order chi connectivity index (χ0) is 11.7. The van der Waals surface area contributed by atoms with Gasteiger partial charge in [0, 0.05) is 18.3 Å². The van der Waals surface area contributed by atoms with Gasteiger partial charge in [-0.15, -0.1) is 0 Å². The topological polar surface area (TPSA) is 33.1 Å². The molecule has 2 aromatic rings. The van der Waals surface area contributed by atoms with Crippen LogP contribution in [-0.2, 0) is 6.42 Å². The Labute approximate surface area is 101 Å². The highest BCUT2D eigenvalue weighted by Gasteiger charge is 2.28. The van der Waals surface area contributed by atoms with Crippen molar-refractivity contribution in [2.45, 2.75) is 24.9 Å². The number of aromatic nitrogens is 1. The summed E-state index contributed by atoms with van der Waals surface area (Å²) in [5, 5.41) is 10.4. The minimum absolute atomic E-state index is 0.179. The molecule has 1 aromatic heterocycles. The highest BCUT2D eigenvalue weighted by atomic mass is 16.3. The van der Waals surface area contributed by atoms with Gasteiger partial charge in [0.05, 0.1) is 6.10 Å². The van der Waals surface area contributed by atoms with Crippen molar-refractivity contribution in [1.29, 1.82) is 0 Å². The number of aliphatic hydroxyl groups is 1. The molecule has 0 radical (unpaired) electrons. The largest absolute Gasteiger partial charge is 0.388 e. The lowest BCUT2D eigenvalue weighted by molar-refractivity contribution is 0.131. The lowest BCUT2D eigenvalue weighted by atomic mass is 9.78. The van der Waals surface area contributed by atoms with Crippen LogP contribution in [0.4, 0.5) is 0 Å². The molecule has 0 amide bonds. The van der Waals surface area contributed by atoms with Gasteiger partial charge in [-0.05, 0) is 35.6 Å². The van der Waals surface area contributed by atoms with Crippen LogP contribution in [0.2, 0.25) is 0 Å². The maximum atomic E-state index is 10.4. The van der Waals surface area contributed by atoms with Gasteiger partial charge in [-0.25, -0.2) is 0 Å². The molecular weight excluding hydrogens is 210 g/mol. The fourth-order valence-electron chi connectivity index (χ4n) is 2.68. The second-order valence-electron chi connectivity index (χ2n) is 4.58. The van der Waals surface area contributed by atoms with E-state index < -0.39 is 6.10 Å². The first-order valence-corrected chi connectivity index (χ1v) is 6.02. The van der Waals surface area contributed by atoms with E-state index in [2.05, 4.69) is 17.1 Å². The Hall–Kier alpha value is -1.67. The van der Waals surface area contributed by atoms with Crippen molar-refractivity contribution in [1.82, 2.24) is 4.98 Å². The van der Waals surface area contributed by atoms with Gasteiger partial charge in [0.25, 0.3) is 0 Å². The number of pyridine rings is 1. The third-order valence-electron chi connectivity index (χ3n) is 3.59. The van der Waals surface area contributed by atoms with E-state index in [9.17, 15) is 5.11 Å². The van der Waals surface area contributed by atoms with Crippen LogP contribution in [0.15, 0.2) is 48.8 Å². The molecule has 0 bridgehead atoms. The molecule has 3 rings (SSSR count). The van der Waals surface area contributed by atoms with Crippen molar-refractivity contribution >= 4 is 0 Å². The van der Waals surface area contributed by atoms with E-state index in [1.807, 2.05) is 30.5 Å². The SMILES string of the molecule is O[C@H]1c2ccccc2CC[C@@H]1c1cccnc1. The lowest BCUT2D eigenvalue weighted by Crippen LogP contribution is -2.18. The summed E-state index contributed by atoms with van der Waals surface area (Å²) in [6, 6.07) is 12.2. The number of benzene rings is 1. The Morgan fingerprint density at radius 1 is 1.12 bits per heavy atom. The minimum Gasteiger partial charge on any atom is -0.388 e. The van der Waals surface area contributed by atoms with E-state index in [1.54, 1.807) is 6.20 Å².